The third kappa shape index (κ3) is 3.71. The van der Waals surface area contributed by atoms with Gasteiger partial charge in [0.25, 0.3) is 5.91 Å². The van der Waals surface area contributed by atoms with Crippen molar-refractivity contribution in [2.75, 3.05) is 11.9 Å². The Morgan fingerprint density at radius 3 is 2.70 bits per heavy atom. The number of thiazole rings is 1. The average molecular weight is 291 g/mol. The summed E-state index contributed by atoms with van der Waals surface area (Å²) < 4.78 is 5.21. The molecule has 1 aromatic carbocycles. The number of nitrogens with one attached hydrogen (secondary N) is 1. The van der Waals surface area contributed by atoms with Crippen molar-refractivity contribution in [3.05, 3.63) is 40.3 Å². The smallest absolute Gasteiger partial charge is 0.255 e. The van der Waals surface area contributed by atoms with Crippen molar-refractivity contribution in [1.29, 1.82) is 0 Å². The van der Waals surface area contributed by atoms with E-state index >= 15 is 0 Å². The third-order valence-corrected chi connectivity index (χ3v) is 3.91. The number of carbonyl (C=O) groups is 1. The van der Waals surface area contributed by atoms with Gasteiger partial charge < -0.3 is 15.8 Å². The molecule has 3 N–H and O–H groups in total. The van der Waals surface area contributed by atoms with Gasteiger partial charge in [-0.3, -0.25) is 4.79 Å². The number of rotatable bonds is 6. The molecule has 0 bridgehead atoms. The molecule has 1 heterocycles. The average Bonchev–Trinajstić information content (AvgIpc) is 2.84. The molecular weight excluding hydrogens is 274 g/mol. The maximum atomic E-state index is 10.6. The zero-order valence-electron chi connectivity index (χ0n) is 11.4. The van der Waals surface area contributed by atoms with E-state index in [0.717, 1.165) is 11.4 Å². The number of aryl methyl sites for hydroxylation is 1. The molecule has 0 aliphatic heterocycles. The monoisotopic (exact) mass is 291 g/mol. The maximum absolute atomic E-state index is 10.6. The van der Waals surface area contributed by atoms with E-state index in [1.807, 2.05) is 24.6 Å². The molecule has 1 aromatic heterocycles. The molecule has 0 aliphatic rings. The van der Waals surface area contributed by atoms with E-state index in [1.165, 1.54) is 4.88 Å². The summed E-state index contributed by atoms with van der Waals surface area (Å²) in [4.78, 5) is 16.1. The fourth-order valence-corrected chi connectivity index (χ4v) is 2.65. The highest BCUT2D eigenvalue weighted by atomic mass is 32.1. The summed E-state index contributed by atoms with van der Waals surface area (Å²) in [7, 11) is 0. The van der Waals surface area contributed by atoms with Gasteiger partial charge in [-0.05, 0) is 38.1 Å². The molecule has 0 aliphatic carbocycles. The van der Waals surface area contributed by atoms with Gasteiger partial charge >= 0.3 is 0 Å². The van der Waals surface area contributed by atoms with E-state index < -0.39 is 5.91 Å². The number of primary amides is 1. The van der Waals surface area contributed by atoms with E-state index in [2.05, 4.69) is 17.2 Å². The Bertz CT molecular complexity index is 580. The maximum Gasteiger partial charge on any atom is 0.255 e. The zero-order chi connectivity index (χ0) is 14.5. The molecule has 1 atom stereocenters. The van der Waals surface area contributed by atoms with Crippen LogP contribution < -0.4 is 15.8 Å². The Labute approximate surface area is 121 Å². The SMILES string of the molecule is Cc1ncsc1C(C)Nc1ccc(OCC(N)=O)cc1. The second-order valence-electron chi connectivity index (χ2n) is 4.45. The minimum atomic E-state index is -0.485. The Hall–Kier alpha value is -2.08. The molecular formula is C14H17N3O2S. The van der Waals surface area contributed by atoms with Crippen LogP contribution in [0.3, 0.4) is 0 Å². The molecule has 5 nitrogen and oxygen atoms in total. The molecule has 0 spiro atoms. The lowest BCUT2D eigenvalue weighted by Gasteiger charge is -2.14. The lowest BCUT2D eigenvalue weighted by Crippen LogP contribution is -2.19. The van der Waals surface area contributed by atoms with Crippen molar-refractivity contribution in [2.45, 2.75) is 19.9 Å². The lowest BCUT2D eigenvalue weighted by molar-refractivity contribution is -0.119. The summed E-state index contributed by atoms with van der Waals surface area (Å²) in [5.41, 5.74) is 8.91. The van der Waals surface area contributed by atoms with E-state index in [9.17, 15) is 4.79 Å². The topological polar surface area (TPSA) is 77.2 Å². The van der Waals surface area contributed by atoms with Gasteiger partial charge in [0.05, 0.1) is 17.2 Å². The number of anilines is 1. The normalized spacial score (nSPS) is 11.9. The van der Waals surface area contributed by atoms with Crippen LogP contribution in [0.1, 0.15) is 23.5 Å². The largest absolute Gasteiger partial charge is 0.484 e. The number of amides is 1. The van der Waals surface area contributed by atoms with E-state index in [1.54, 1.807) is 23.5 Å². The molecule has 0 radical (unpaired) electrons. The fraction of sp³-hybridized carbons (Fsp3) is 0.286. The van der Waals surface area contributed by atoms with E-state index in [4.69, 9.17) is 10.5 Å². The summed E-state index contributed by atoms with van der Waals surface area (Å²) >= 11 is 1.64. The number of carbonyl (C=O) groups excluding carboxylic acids is 1. The van der Waals surface area contributed by atoms with Crippen LogP contribution in [0.15, 0.2) is 29.8 Å². The molecule has 1 unspecified atom stereocenters. The van der Waals surface area contributed by atoms with E-state index in [0.29, 0.717) is 5.75 Å². The standard InChI is InChI=1S/C14H17N3O2S/c1-9-14(20-8-16-9)10(2)17-11-3-5-12(6-4-11)19-7-13(15)18/h3-6,8,10,17H,7H2,1-2H3,(H2,15,18). The molecule has 0 saturated heterocycles. The number of ether oxygens (including phenoxy) is 1. The first-order valence-corrected chi connectivity index (χ1v) is 7.12. The highest BCUT2D eigenvalue weighted by molar-refractivity contribution is 7.09. The van der Waals surface area contributed by atoms with Crippen LogP contribution in [0.4, 0.5) is 5.69 Å². The van der Waals surface area contributed by atoms with Gasteiger partial charge in [-0.1, -0.05) is 0 Å². The minimum absolute atomic E-state index is 0.108. The Morgan fingerprint density at radius 2 is 2.15 bits per heavy atom. The summed E-state index contributed by atoms with van der Waals surface area (Å²) in [6.45, 7) is 3.99. The zero-order valence-corrected chi connectivity index (χ0v) is 12.2. The number of nitrogens with zero attached hydrogens (tertiary/aromatic N) is 1. The predicted octanol–water partition coefficient (Wildman–Crippen LogP) is 2.49. The van der Waals surface area contributed by atoms with Crippen LogP contribution in [0.2, 0.25) is 0 Å². The number of nitrogens with two attached hydrogens (primary N) is 1. The summed E-state index contributed by atoms with van der Waals surface area (Å²) in [5, 5.41) is 3.40. The third-order valence-electron chi connectivity index (χ3n) is 2.79. The van der Waals surface area contributed by atoms with Gasteiger partial charge in [0.1, 0.15) is 5.75 Å². The molecule has 1 amide bonds. The van der Waals surface area contributed by atoms with Crippen molar-refractivity contribution < 1.29 is 9.53 Å². The molecule has 0 saturated carbocycles. The predicted molar refractivity (Wildman–Crippen MR) is 80.0 cm³/mol. The van der Waals surface area contributed by atoms with Gasteiger partial charge in [-0.2, -0.15) is 0 Å². The first-order chi connectivity index (χ1) is 9.56. The van der Waals surface area contributed by atoms with Crippen LogP contribution in [-0.4, -0.2) is 17.5 Å². The van der Waals surface area contributed by atoms with Crippen molar-refractivity contribution in [3.63, 3.8) is 0 Å². The first kappa shape index (κ1) is 14.3. The van der Waals surface area contributed by atoms with E-state index in [-0.39, 0.29) is 12.6 Å². The molecule has 20 heavy (non-hydrogen) atoms. The van der Waals surface area contributed by atoms with Gasteiger partial charge in [-0.15, -0.1) is 11.3 Å². The Kier molecular flexibility index (Phi) is 4.57. The van der Waals surface area contributed by atoms with Crippen molar-refractivity contribution >= 4 is 22.9 Å². The Balaban J connectivity index is 1.97. The number of aromatic nitrogens is 1. The van der Waals surface area contributed by atoms with Crippen LogP contribution >= 0.6 is 11.3 Å². The number of hydrogen-bond acceptors (Lipinski definition) is 5. The number of hydrogen-bond donors (Lipinski definition) is 2. The second kappa shape index (κ2) is 6.38. The number of benzene rings is 1. The highest BCUT2D eigenvalue weighted by Crippen LogP contribution is 2.26. The van der Waals surface area contributed by atoms with Crippen LogP contribution in [0.5, 0.6) is 5.75 Å². The van der Waals surface area contributed by atoms with Crippen molar-refractivity contribution in [1.82, 2.24) is 4.98 Å². The summed E-state index contributed by atoms with van der Waals surface area (Å²) in [5.74, 6) is 0.137. The quantitative estimate of drug-likeness (QED) is 0.857. The highest BCUT2D eigenvalue weighted by Gasteiger charge is 2.10. The molecule has 2 rings (SSSR count). The van der Waals surface area contributed by atoms with Gasteiger partial charge in [0.2, 0.25) is 0 Å². The molecule has 0 fully saturated rings. The van der Waals surface area contributed by atoms with Gasteiger partial charge in [-0.25, -0.2) is 4.98 Å². The first-order valence-electron chi connectivity index (χ1n) is 6.24. The van der Waals surface area contributed by atoms with Crippen LogP contribution in [0.25, 0.3) is 0 Å². The second-order valence-corrected chi connectivity index (χ2v) is 5.33. The van der Waals surface area contributed by atoms with Crippen molar-refractivity contribution in [3.8, 4) is 5.75 Å². The summed E-state index contributed by atoms with van der Waals surface area (Å²) in [6, 6.07) is 7.61. The van der Waals surface area contributed by atoms with Crippen LogP contribution in [-0.2, 0) is 4.79 Å². The minimum Gasteiger partial charge on any atom is -0.484 e. The van der Waals surface area contributed by atoms with Crippen molar-refractivity contribution in [2.24, 2.45) is 5.73 Å². The molecule has 6 heteroatoms. The molecule has 2 aromatic rings. The van der Waals surface area contributed by atoms with Gasteiger partial charge in [0.15, 0.2) is 6.61 Å². The molecule has 106 valence electrons. The lowest BCUT2D eigenvalue weighted by atomic mass is 10.2. The fourth-order valence-electron chi connectivity index (χ4n) is 1.84. The summed E-state index contributed by atoms with van der Waals surface area (Å²) in [6.07, 6.45) is 0. The van der Waals surface area contributed by atoms with Crippen LogP contribution in [0, 0.1) is 6.92 Å². The Morgan fingerprint density at radius 1 is 1.45 bits per heavy atom. The van der Waals surface area contributed by atoms with Gasteiger partial charge in [0, 0.05) is 10.6 Å².